The fraction of sp³-hybridized carbons (Fsp3) is 0.917. The van der Waals surface area contributed by atoms with Crippen molar-refractivity contribution in [2.75, 3.05) is 26.7 Å². The number of hydrogen-bond donors (Lipinski definition) is 1. The normalized spacial score (nSPS) is 29.0. The molecular weight excluding hydrogens is 204 g/mol. The number of hydrogen-bond acceptors (Lipinski definition) is 3. The van der Waals surface area contributed by atoms with Gasteiger partial charge in [-0.1, -0.05) is 12.8 Å². The maximum Gasteiger partial charge on any atom is 0.239 e. The molecule has 1 amide bonds. The highest BCUT2D eigenvalue weighted by Crippen LogP contribution is 2.27. The van der Waals surface area contributed by atoms with Gasteiger partial charge in [0.05, 0.1) is 6.04 Å². The number of aliphatic hydroxyl groups excluding tert-OH is 1. The number of nitrogens with zero attached hydrogens (tertiary/aromatic N) is 2. The summed E-state index contributed by atoms with van der Waals surface area (Å²) in [5.74, 6) is 0.187. The van der Waals surface area contributed by atoms with E-state index in [1.807, 2.05) is 7.05 Å². The van der Waals surface area contributed by atoms with Crippen molar-refractivity contribution in [2.24, 2.45) is 0 Å². The monoisotopic (exact) mass is 226 g/mol. The van der Waals surface area contributed by atoms with Gasteiger partial charge in [0.25, 0.3) is 0 Å². The summed E-state index contributed by atoms with van der Waals surface area (Å²) in [4.78, 5) is 16.2. The minimum Gasteiger partial charge on any atom is -0.396 e. The highest BCUT2D eigenvalue weighted by molar-refractivity contribution is 5.82. The minimum absolute atomic E-state index is 0.0770. The quantitative estimate of drug-likeness (QED) is 0.760. The van der Waals surface area contributed by atoms with Gasteiger partial charge >= 0.3 is 0 Å². The smallest absolute Gasteiger partial charge is 0.239 e. The molecule has 0 aromatic carbocycles. The standard InChI is InChI=1S/C12H22N2O2/c1-13-7-8-14(10-4-2-3-5-10)11(6-9-15)12(13)16/h10-11,15H,2-9H2,1H3. The van der Waals surface area contributed by atoms with Crippen LogP contribution in [0.15, 0.2) is 0 Å². The Morgan fingerprint density at radius 3 is 2.62 bits per heavy atom. The summed E-state index contributed by atoms with van der Waals surface area (Å²) >= 11 is 0. The molecule has 2 aliphatic rings. The number of amides is 1. The molecule has 0 aromatic heterocycles. The zero-order valence-corrected chi connectivity index (χ0v) is 10.1. The highest BCUT2D eigenvalue weighted by atomic mass is 16.3. The Balaban J connectivity index is 2.06. The van der Waals surface area contributed by atoms with Crippen molar-refractivity contribution in [2.45, 2.75) is 44.2 Å². The van der Waals surface area contributed by atoms with Crippen molar-refractivity contribution in [1.29, 1.82) is 0 Å². The zero-order valence-electron chi connectivity index (χ0n) is 10.1. The van der Waals surface area contributed by atoms with Crippen molar-refractivity contribution in [3.05, 3.63) is 0 Å². The van der Waals surface area contributed by atoms with Gasteiger partial charge in [0, 0.05) is 32.8 Å². The van der Waals surface area contributed by atoms with Crippen LogP contribution in [0.2, 0.25) is 0 Å². The maximum absolute atomic E-state index is 12.1. The second-order valence-corrected chi connectivity index (χ2v) is 4.96. The fourth-order valence-electron chi connectivity index (χ4n) is 3.01. The molecule has 2 fully saturated rings. The molecule has 16 heavy (non-hydrogen) atoms. The third-order valence-corrected chi connectivity index (χ3v) is 3.95. The third-order valence-electron chi connectivity index (χ3n) is 3.95. The van der Waals surface area contributed by atoms with E-state index in [1.165, 1.54) is 25.7 Å². The molecule has 1 saturated carbocycles. The molecule has 4 nitrogen and oxygen atoms in total. The van der Waals surface area contributed by atoms with Gasteiger partial charge in [-0.3, -0.25) is 9.69 Å². The molecule has 1 unspecified atom stereocenters. The number of aliphatic hydroxyl groups is 1. The van der Waals surface area contributed by atoms with Crippen LogP contribution in [-0.4, -0.2) is 59.6 Å². The van der Waals surface area contributed by atoms with Crippen molar-refractivity contribution in [3.63, 3.8) is 0 Å². The Morgan fingerprint density at radius 2 is 2.00 bits per heavy atom. The van der Waals surface area contributed by atoms with Gasteiger partial charge in [0.15, 0.2) is 0 Å². The summed E-state index contributed by atoms with van der Waals surface area (Å²) in [6.45, 7) is 1.91. The first-order valence-electron chi connectivity index (χ1n) is 6.35. The van der Waals surface area contributed by atoms with Gasteiger partial charge in [-0.25, -0.2) is 0 Å². The van der Waals surface area contributed by atoms with E-state index in [1.54, 1.807) is 4.90 Å². The topological polar surface area (TPSA) is 43.8 Å². The second kappa shape index (κ2) is 5.15. The van der Waals surface area contributed by atoms with Crippen LogP contribution in [0, 0.1) is 0 Å². The molecule has 0 radical (unpaired) electrons. The first-order valence-corrected chi connectivity index (χ1v) is 6.35. The third kappa shape index (κ3) is 2.23. The Kier molecular flexibility index (Phi) is 3.82. The lowest BCUT2D eigenvalue weighted by Crippen LogP contribution is -2.58. The lowest BCUT2D eigenvalue weighted by Gasteiger charge is -2.42. The molecule has 1 saturated heterocycles. The number of likely N-dealkylation sites (N-methyl/N-ethyl adjacent to an activating group) is 1. The lowest BCUT2D eigenvalue weighted by molar-refractivity contribution is -0.142. The van der Waals surface area contributed by atoms with E-state index < -0.39 is 0 Å². The zero-order chi connectivity index (χ0) is 11.5. The van der Waals surface area contributed by atoms with Crippen molar-refractivity contribution in [1.82, 2.24) is 9.80 Å². The Bertz CT molecular complexity index is 251. The van der Waals surface area contributed by atoms with Crippen LogP contribution >= 0.6 is 0 Å². The van der Waals surface area contributed by atoms with Crippen molar-refractivity contribution in [3.8, 4) is 0 Å². The molecule has 1 N–H and O–H groups in total. The molecule has 0 bridgehead atoms. The number of carbonyl (C=O) groups is 1. The van der Waals surface area contributed by atoms with Crippen LogP contribution < -0.4 is 0 Å². The van der Waals surface area contributed by atoms with Gasteiger partial charge in [-0.15, -0.1) is 0 Å². The molecule has 1 atom stereocenters. The SMILES string of the molecule is CN1CCN(C2CCCC2)C(CCO)C1=O. The lowest BCUT2D eigenvalue weighted by atomic mass is 10.0. The molecule has 2 rings (SSSR count). The van der Waals surface area contributed by atoms with Crippen LogP contribution in [0.3, 0.4) is 0 Å². The molecule has 0 aromatic rings. The summed E-state index contributed by atoms with van der Waals surface area (Å²) in [6.07, 6.45) is 5.60. The average Bonchev–Trinajstić information content (AvgIpc) is 2.79. The number of rotatable bonds is 3. The second-order valence-electron chi connectivity index (χ2n) is 4.96. The van der Waals surface area contributed by atoms with Crippen LogP contribution in [0.5, 0.6) is 0 Å². The van der Waals surface area contributed by atoms with Gasteiger partial charge in [0.2, 0.25) is 5.91 Å². The van der Waals surface area contributed by atoms with E-state index in [2.05, 4.69) is 4.90 Å². The Morgan fingerprint density at radius 1 is 1.31 bits per heavy atom. The molecule has 92 valence electrons. The summed E-state index contributed by atoms with van der Waals surface area (Å²) in [7, 11) is 1.86. The van der Waals surface area contributed by atoms with Gasteiger partial charge in [0.1, 0.15) is 0 Å². The van der Waals surface area contributed by atoms with Gasteiger partial charge in [-0.05, 0) is 19.3 Å². The molecular formula is C12H22N2O2. The summed E-state index contributed by atoms with van der Waals surface area (Å²) in [5, 5.41) is 9.09. The first kappa shape index (κ1) is 11.9. The molecule has 1 heterocycles. The predicted octanol–water partition coefficient (Wildman–Crippen LogP) is 0.454. The number of carbonyl (C=O) groups excluding carboxylic acids is 1. The van der Waals surface area contributed by atoms with E-state index >= 15 is 0 Å². The van der Waals surface area contributed by atoms with Gasteiger partial charge in [-0.2, -0.15) is 0 Å². The van der Waals surface area contributed by atoms with E-state index in [0.717, 1.165) is 13.1 Å². The molecule has 1 aliphatic heterocycles. The Hall–Kier alpha value is -0.610. The van der Waals surface area contributed by atoms with Crippen LogP contribution in [0.4, 0.5) is 0 Å². The van der Waals surface area contributed by atoms with Crippen LogP contribution in [0.25, 0.3) is 0 Å². The Labute approximate surface area is 97.2 Å². The van der Waals surface area contributed by atoms with Crippen LogP contribution in [0.1, 0.15) is 32.1 Å². The van der Waals surface area contributed by atoms with Crippen LogP contribution in [-0.2, 0) is 4.79 Å². The number of piperazine rings is 1. The van der Waals surface area contributed by atoms with Gasteiger partial charge < -0.3 is 10.0 Å². The summed E-state index contributed by atoms with van der Waals surface area (Å²) in [5.41, 5.74) is 0. The summed E-state index contributed by atoms with van der Waals surface area (Å²) < 4.78 is 0. The van der Waals surface area contributed by atoms with E-state index in [9.17, 15) is 4.79 Å². The molecule has 1 aliphatic carbocycles. The molecule has 0 spiro atoms. The largest absolute Gasteiger partial charge is 0.396 e. The van der Waals surface area contributed by atoms with Crippen molar-refractivity contribution >= 4 is 5.91 Å². The minimum atomic E-state index is -0.0770. The van der Waals surface area contributed by atoms with Crippen molar-refractivity contribution < 1.29 is 9.90 Å². The molecule has 4 heteroatoms. The fourth-order valence-corrected chi connectivity index (χ4v) is 3.01. The maximum atomic E-state index is 12.1. The van der Waals surface area contributed by atoms with E-state index in [4.69, 9.17) is 5.11 Å². The first-order chi connectivity index (χ1) is 7.74. The average molecular weight is 226 g/mol. The van der Waals surface area contributed by atoms with E-state index in [0.29, 0.717) is 12.5 Å². The predicted molar refractivity (Wildman–Crippen MR) is 62.1 cm³/mol. The van der Waals surface area contributed by atoms with E-state index in [-0.39, 0.29) is 18.6 Å². The highest BCUT2D eigenvalue weighted by Gasteiger charge is 2.37. The summed E-state index contributed by atoms with van der Waals surface area (Å²) in [6, 6.07) is 0.501.